The number of benzene rings is 1. The van der Waals surface area contributed by atoms with Crippen LogP contribution in [0.4, 0.5) is 5.69 Å². The van der Waals surface area contributed by atoms with Crippen molar-refractivity contribution in [3.63, 3.8) is 0 Å². The molecule has 1 unspecified atom stereocenters. The second kappa shape index (κ2) is 9.30. The SMILES string of the molecule is C=S(C)(=O)Nc1cc(-c2cc(OCC3CCOCC3)c3ncnc(C)c3c2)cnc1OC. The minimum atomic E-state index is -2.50. The van der Waals surface area contributed by atoms with Crippen molar-refractivity contribution in [2.24, 2.45) is 5.92 Å². The lowest BCUT2D eigenvalue weighted by Crippen LogP contribution is -2.21. The molecule has 0 amide bonds. The van der Waals surface area contributed by atoms with Crippen LogP contribution in [0.5, 0.6) is 11.6 Å². The molecule has 0 saturated carbocycles. The standard InChI is InChI=1S/C23H28N4O4S/c1-15-19-9-17(18-10-20(27-32(3,4)28)23(29-2)24-12-18)11-21(22(19)26-14-25-15)31-13-16-5-7-30-8-6-16/h9-12,14,16H,3,5-8,13H2,1-2,4H3,(H,27,28). The Labute approximate surface area is 188 Å². The number of anilines is 1. The Morgan fingerprint density at radius 2 is 1.97 bits per heavy atom. The highest BCUT2D eigenvalue weighted by molar-refractivity contribution is 8.00. The highest BCUT2D eigenvalue weighted by Crippen LogP contribution is 2.35. The van der Waals surface area contributed by atoms with Crippen LogP contribution in [0.15, 0.2) is 30.7 Å². The molecule has 1 aliphatic heterocycles. The van der Waals surface area contributed by atoms with Gasteiger partial charge >= 0.3 is 0 Å². The summed E-state index contributed by atoms with van der Waals surface area (Å²) in [5.74, 6) is 5.18. The molecule has 0 bridgehead atoms. The van der Waals surface area contributed by atoms with E-state index in [-0.39, 0.29) is 0 Å². The van der Waals surface area contributed by atoms with Gasteiger partial charge in [-0.05, 0) is 55.3 Å². The molecule has 9 heteroatoms. The summed E-state index contributed by atoms with van der Waals surface area (Å²) in [5, 5.41) is 0.911. The van der Waals surface area contributed by atoms with Crippen LogP contribution in [0.3, 0.4) is 0 Å². The Morgan fingerprint density at radius 1 is 1.19 bits per heavy atom. The molecule has 32 heavy (non-hydrogen) atoms. The first-order valence-electron chi connectivity index (χ1n) is 10.4. The first kappa shape index (κ1) is 22.3. The van der Waals surface area contributed by atoms with Gasteiger partial charge in [-0.3, -0.25) is 0 Å². The minimum absolute atomic E-state index is 0.350. The molecule has 1 aliphatic rings. The Morgan fingerprint density at radius 3 is 2.69 bits per heavy atom. The smallest absolute Gasteiger partial charge is 0.238 e. The Balaban J connectivity index is 1.75. The first-order valence-corrected chi connectivity index (χ1v) is 12.6. The molecular formula is C23H28N4O4S. The van der Waals surface area contributed by atoms with Gasteiger partial charge in [0.25, 0.3) is 0 Å². The van der Waals surface area contributed by atoms with E-state index in [9.17, 15) is 4.21 Å². The van der Waals surface area contributed by atoms with Gasteiger partial charge in [0.1, 0.15) is 23.3 Å². The van der Waals surface area contributed by atoms with Gasteiger partial charge in [0.05, 0.1) is 13.7 Å². The van der Waals surface area contributed by atoms with Gasteiger partial charge in [-0.2, -0.15) is 0 Å². The predicted octanol–water partition coefficient (Wildman–Crippen LogP) is 3.49. The average Bonchev–Trinajstić information content (AvgIpc) is 2.77. The number of fused-ring (bicyclic) bond motifs is 1. The van der Waals surface area contributed by atoms with Crippen molar-refractivity contribution in [1.82, 2.24) is 15.0 Å². The largest absolute Gasteiger partial charge is 0.491 e. The van der Waals surface area contributed by atoms with Crippen LogP contribution in [0.25, 0.3) is 22.0 Å². The van der Waals surface area contributed by atoms with E-state index in [1.54, 1.807) is 12.5 Å². The maximum atomic E-state index is 12.2. The number of hydrogen-bond donors (Lipinski definition) is 1. The number of rotatable bonds is 7. The fraction of sp³-hybridized carbons (Fsp3) is 0.391. The van der Waals surface area contributed by atoms with E-state index < -0.39 is 9.71 Å². The van der Waals surface area contributed by atoms with E-state index in [4.69, 9.17) is 14.2 Å². The van der Waals surface area contributed by atoms with Crippen LogP contribution in [0.2, 0.25) is 0 Å². The summed E-state index contributed by atoms with van der Waals surface area (Å²) in [4.78, 5) is 13.2. The topological polar surface area (TPSA) is 95.5 Å². The highest BCUT2D eigenvalue weighted by atomic mass is 32.2. The molecular weight excluding hydrogens is 428 g/mol. The Hall–Kier alpha value is -2.91. The van der Waals surface area contributed by atoms with E-state index in [0.717, 1.165) is 53.8 Å². The van der Waals surface area contributed by atoms with Crippen LogP contribution >= 0.6 is 0 Å². The number of methoxy groups -OCH3 is 1. The molecule has 0 spiro atoms. The number of ether oxygens (including phenoxy) is 3. The predicted molar refractivity (Wildman–Crippen MR) is 128 cm³/mol. The molecule has 170 valence electrons. The average molecular weight is 457 g/mol. The third-order valence-corrected chi connectivity index (χ3v) is 6.07. The third kappa shape index (κ3) is 5.11. The van der Waals surface area contributed by atoms with Crippen molar-refractivity contribution in [2.45, 2.75) is 19.8 Å². The lowest BCUT2D eigenvalue weighted by molar-refractivity contribution is 0.0500. The monoisotopic (exact) mass is 456 g/mol. The first-order chi connectivity index (χ1) is 15.3. The Bertz CT molecular complexity index is 1220. The number of hydrogen-bond acceptors (Lipinski definition) is 7. The van der Waals surface area contributed by atoms with Gasteiger partial charge in [0, 0.05) is 52.0 Å². The summed E-state index contributed by atoms with van der Waals surface area (Å²) in [6.07, 6.45) is 6.78. The van der Waals surface area contributed by atoms with Gasteiger partial charge in [0.2, 0.25) is 5.88 Å². The summed E-state index contributed by atoms with van der Waals surface area (Å²) >= 11 is 0. The molecule has 1 aromatic carbocycles. The number of aromatic nitrogens is 3. The molecule has 0 aliphatic carbocycles. The number of nitrogens with zero attached hydrogens (tertiary/aromatic N) is 3. The molecule has 2 aromatic heterocycles. The lowest BCUT2D eigenvalue weighted by Gasteiger charge is -2.22. The molecule has 3 aromatic rings. The summed E-state index contributed by atoms with van der Waals surface area (Å²) in [6, 6.07) is 5.84. The second-order valence-electron chi connectivity index (χ2n) is 8.08. The van der Waals surface area contributed by atoms with Crippen LogP contribution in [0, 0.1) is 12.8 Å². The van der Waals surface area contributed by atoms with Crippen molar-refractivity contribution in [3.8, 4) is 22.8 Å². The van der Waals surface area contributed by atoms with E-state index in [0.29, 0.717) is 29.8 Å². The molecule has 1 atom stereocenters. The summed E-state index contributed by atoms with van der Waals surface area (Å²) < 4.78 is 32.2. The van der Waals surface area contributed by atoms with E-state index >= 15 is 0 Å². The van der Waals surface area contributed by atoms with Gasteiger partial charge in [-0.1, -0.05) is 0 Å². The number of aryl methyl sites for hydroxylation is 1. The molecule has 1 saturated heterocycles. The second-order valence-corrected chi connectivity index (χ2v) is 10.3. The normalized spacial score (nSPS) is 16.5. The maximum Gasteiger partial charge on any atom is 0.238 e. The van der Waals surface area contributed by atoms with Gasteiger partial charge in [0.15, 0.2) is 0 Å². The molecule has 8 nitrogen and oxygen atoms in total. The molecule has 0 radical (unpaired) electrons. The van der Waals surface area contributed by atoms with Crippen molar-refractivity contribution >= 4 is 32.2 Å². The van der Waals surface area contributed by atoms with Crippen LogP contribution in [-0.2, 0) is 14.4 Å². The van der Waals surface area contributed by atoms with Gasteiger partial charge < -0.3 is 18.9 Å². The lowest BCUT2D eigenvalue weighted by atomic mass is 10.0. The van der Waals surface area contributed by atoms with Crippen LogP contribution in [-0.4, -0.2) is 58.2 Å². The summed E-state index contributed by atoms with van der Waals surface area (Å²) in [7, 11) is -0.984. The molecule has 4 rings (SSSR count). The van der Waals surface area contributed by atoms with Crippen LogP contribution < -0.4 is 14.2 Å². The van der Waals surface area contributed by atoms with E-state index in [1.165, 1.54) is 13.4 Å². The molecule has 1 N–H and O–H groups in total. The highest BCUT2D eigenvalue weighted by Gasteiger charge is 2.17. The van der Waals surface area contributed by atoms with Crippen molar-refractivity contribution in [1.29, 1.82) is 0 Å². The van der Waals surface area contributed by atoms with Crippen molar-refractivity contribution < 1.29 is 18.4 Å². The zero-order valence-electron chi connectivity index (χ0n) is 18.6. The maximum absolute atomic E-state index is 12.2. The summed E-state index contributed by atoms with van der Waals surface area (Å²) in [6.45, 7) is 4.11. The fourth-order valence-corrected chi connectivity index (χ4v) is 4.35. The van der Waals surface area contributed by atoms with E-state index in [1.807, 2.05) is 25.1 Å². The van der Waals surface area contributed by atoms with Crippen LogP contribution in [0.1, 0.15) is 18.5 Å². The molecule has 3 heterocycles. The van der Waals surface area contributed by atoms with E-state index in [2.05, 4.69) is 25.5 Å². The minimum Gasteiger partial charge on any atom is -0.491 e. The number of pyridine rings is 1. The van der Waals surface area contributed by atoms with Crippen molar-refractivity contribution in [2.75, 3.05) is 37.9 Å². The zero-order chi connectivity index (χ0) is 22.7. The van der Waals surface area contributed by atoms with Gasteiger partial charge in [-0.15, -0.1) is 0 Å². The zero-order valence-corrected chi connectivity index (χ0v) is 19.4. The van der Waals surface area contributed by atoms with Crippen molar-refractivity contribution in [3.05, 3.63) is 36.4 Å². The Kier molecular flexibility index (Phi) is 6.48. The summed E-state index contributed by atoms with van der Waals surface area (Å²) in [5.41, 5.74) is 3.86. The number of nitrogens with one attached hydrogen (secondary N) is 1. The fourth-order valence-electron chi connectivity index (χ4n) is 3.74. The quantitative estimate of drug-likeness (QED) is 0.544. The third-order valence-electron chi connectivity index (χ3n) is 5.42. The molecule has 1 fully saturated rings. The van der Waals surface area contributed by atoms with Gasteiger partial charge in [-0.25, -0.2) is 19.2 Å².